The van der Waals surface area contributed by atoms with Gasteiger partial charge in [-0.15, -0.1) is 11.3 Å². The highest BCUT2D eigenvalue weighted by atomic mass is 32.2. The molecule has 25 heavy (non-hydrogen) atoms. The molecule has 1 aromatic carbocycles. The molecule has 1 aliphatic rings. The van der Waals surface area contributed by atoms with Gasteiger partial charge in [-0.1, -0.05) is 0 Å². The summed E-state index contributed by atoms with van der Waals surface area (Å²) in [6, 6.07) is 6.69. The van der Waals surface area contributed by atoms with Gasteiger partial charge in [0.15, 0.2) is 0 Å². The predicted molar refractivity (Wildman–Crippen MR) is 99.8 cm³/mol. The molecule has 0 amide bonds. The Bertz CT molecular complexity index is 807. The molecule has 1 aliphatic carbocycles. The van der Waals surface area contributed by atoms with Gasteiger partial charge in [0, 0.05) is 11.4 Å². The average Bonchev–Trinajstić information content (AvgIpc) is 3.17. The lowest BCUT2D eigenvalue weighted by Crippen LogP contribution is -2.26. The topological polar surface area (TPSA) is 68.3 Å². The SMILES string of the molecule is Cc1nc(C)c(CCNS(=O)(=O)c2ccc(OC3CCCC3)cc2)s1. The molecule has 0 unspecified atom stereocenters. The van der Waals surface area contributed by atoms with E-state index in [1.807, 2.05) is 13.8 Å². The minimum atomic E-state index is -3.50. The van der Waals surface area contributed by atoms with Crippen molar-refractivity contribution in [3.05, 3.63) is 39.8 Å². The van der Waals surface area contributed by atoms with Crippen LogP contribution in [0.2, 0.25) is 0 Å². The van der Waals surface area contributed by atoms with Crippen molar-refractivity contribution < 1.29 is 13.2 Å². The van der Waals surface area contributed by atoms with Crippen molar-refractivity contribution in [3.63, 3.8) is 0 Å². The van der Waals surface area contributed by atoms with Crippen LogP contribution in [0, 0.1) is 13.8 Å². The first-order valence-corrected chi connectivity index (χ1v) is 10.9. The molecular weight excluding hydrogens is 356 g/mol. The normalized spacial score (nSPS) is 15.6. The summed E-state index contributed by atoms with van der Waals surface area (Å²) >= 11 is 1.62. The van der Waals surface area contributed by atoms with Crippen molar-refractivity contribution in [1.29, 1.82) is 0 Å². The first-order valence-electron chi connectivity index (χ1n) is 8.63. The molecule has 3 rings (SSSR count). The summed E-state index contributed by atoms with van der Waals surface area (Å²) in [4.78, 5) is 5.76. The number of sulfonamides is 1. The summed E-state index contributed by atoms with van der Waals surface area (Å²) in [5, 5.41) is 1.01. The van der Waals surface area contributed by atoms with Gasteiger partial charge in [0.1, 0.15) is 5.75 Å². The zero-order chi connectivity index (χ0) is 17.9. The van der Waals surface area contributed by atoms with Crippen LogP contribution in [0.1, 0.15) is 41.3 Å². The quantitative estimate of drug-likeness (QED) is 0.797. The largest absolute Gasteiger partial charge is 0.490 e. The molecule has 0 saturated heterocycles. The zero-order valence-corrected chi connectivity index (χ0v) is 16.3. The molecule has 1 fully saturated rings. The van der Waals surface area contributed by atoms with E-state index in [0.717, 1.165) is 34.2 Å². The minimum Gasteiger partial charge on any atom is -0.490 e. The maximum absolute atomic E-state index is 12.4. The molecule has 136 valence electrons. The molecule has 0 atom stereocenters. The molecular formula is C18H24N2O3S2. The monoisotopic (exact) mass is 380 g/mol. The Labute approximate surface area is 153 Å². The molecule has 0 aliphatic heterocycles. The van der Waals surface area contributed by atoms with Crippen LogP contribution in [-0.4, -0.2) is 26.1 Å². The number of ether oxygens (including phenoxy) is 1. The van der Waals surface area contributed by atoms with Gasteiger partial charge in [-0.05, 0) is 70.2 Å². The highest BCUT2D eigenvalue weighted by Crippen LogP contribution is 2.25. The standard InChI is InChI=1S/C18H24N2O3S2/c1-13-18(24-14(2)20-13)11-12-19-25(21,22)17-9-7-16(8-10-17)23-15-5-3-4-6-15/h7-10,15,19H,3-6,11-12H2,1-2H3. The van der Waals surface area contributed by atoms with Crippen molar-refractivity contribution in [2.24, 2.45) is 0 Å². The van der Waals surface area contributed by atoms with Crippen LogP contribution in [0.25, 0.3) is 0 Å². The molecule has 1 saturated carbocycles. The van der Waals surface area contributed by atoms with Gasteiger partial charge in [-0.2, -0.15) is 0 Å². The minimum absolute atomic E-state index is 0.267. The second-order valence-corrected chi connectivity index (χ2v) is 9.44. The van der Waals surface area contributed by atoms with E-state index in [9.17, 15) is 8.42 Å². The highest BCUT2D eigenvalue weighted by Gasteiger charge is 2.18. The van der Waals surface area contributed by atoms with E-state index in [2.05, 4.69) is 9.71 Å². The molecule has 0 bridgehead atoms. The van der Waals surface area contributed by atoms with E-state index in [0.29, 0.717) is 13.0 Å². The maximum atomic E-state index is 12.4. The lowest BCUT2D eigenvalue weighted by atomic mass is 10.3. The van der Waals surface area contributed by atoms with Crippen LogP contribution < -0.4 is 9.46 Å². The van der Waals surface area contributed by atoms with E-state index in [4.69, 9.17) is 4.74 Å². The van der Waals surface area contributed by atoms with Crippen LogP contribution in [-0.2, 0) is 16.4 Å². The van der Waals surface area contributed by atoms with E-state index in [-0.39, 0.29) is 11.0 Å². The first kappa shape index (κ1) is 18.4. The van der Waals surface area contributed by atoms with Crippen LogP contribution in [0.15, 0.2) is 29.2 Å². The second kappa shape index (κ2) is 7.85. The lowest BCUT2D eigenvalue weighted by molar-refractivity contribution is 0.210. The Hall–Kier alpha value is -1.44. The Morgan fingerprint density at radius 1 is 1.20 bits per heavy atom. The number of hydrogen-bond donors (Lipinski definition) is 1. The number of thiazole rings is 1. The van der Waals surface area contributed by atoms with Gasteiger partial charge >= 0.3 is 0 Å². The Kier molecular flexibility index (Phi) is 5.76. The predicted octanol–water partition coefficient (Wildman–Crippen LogP) is 3.60. The smallest absolute Gasteiger partial charge is 0.240 e. The van der Waals surface area contributed by atoms with Crippen LogP contribution in [0.5, 0.6) is 5.75 Å². The van der Waals surface area contributed by atoms with E-state index < -0.39 is 10.0 Å². The number of aryl methyl sites for hydroxylation is 2. The summed E-state index contributed by atoms with van der Waals surface area (Å²) in [6.45, 7) is 4.28. The van der Waals surface area contributed by atoms with E-state index >= 15 is 0 Å². The summed E-state index contributed by atoms with van der Waals surface area (Å²) in [5.74, 6) is 0.738. The molecule has 5 nitrogen and oxygen atoms in total. The molecule has 7 heteroatoms. The number of aromatic nitrogens is 1. The first-order chi connectivity index (χ1) is 11.9. The third-order valence-corrected chi connectivity index (χ3v) is 6.99. The van der Waals surface area contributed by atoms with Gasteiger partial charge in [0.2, 0.25) is 10.0 Å². The van der Waals surface area contributed by atoms with Crippen molar-refractivity contribution in [2.75, 3.05) is 6.54 Å². The fraction of sp³-hybridized carbons (Fsp3) is 0.500. The Morgan fingerprint density at radius 3 is 2.48 bits per heavy atom. The zero-order valence-electron chi connectivity index (χ0n) is 14.6. The molecule has 1 N–H and O–H groups in total. The summed E-state index contributed by atoms with van der Waals surface area (Å²) in [6.07, 6.45) is 5.50. The van der Waals surface area contributed by atoms with Gasteiger partial charge in [-0.3, -0.25) is 0 Å². The summed E-state index contributed by atoms with van der Waals surface area (Å²) in [5.41, 5.74) is 0.982. The van der Waals surface area contributed by atoms with Crippen molar-refractivity contribution in [3.8, 4) is 5.75 Å². The molecule has 1 heterocycles. The fourth-order valence-electron chi connectivity index (χ4n) is 3.08. The molecule has 2 aromatic rings. The third kappa shape index (κ3) is 4.80. The molecule has 1 aromatic heterocycles. The van der Waals surface area contributed by atoms with Crippen LogP contribution in [0.3, 0.4) is 0 Å². The number of nitrogens with one attached hydrogen (secondary N) is 1. The van der Waals surface area contributed by atoms with E-state index in [1.54, 1.807) is 35.6 Å². The number of hydrogen-bond acceptors (Lipinski definition) is 5. The Morgan fingerprint density at radius 2 is 1.88 bits per heavy atom. The number of benzene rings is 1. The molecule has 0 radical (unpaired) electrons. The third-order valence-electron chi connectivity index (χ3n) is 4.38. The number of rotatable bonds is 7. The fourth-order valence-corrected chi connectivity index (χ4v) is 5.05. The highest BCUT2D eigenvalue weighted by molar-refractivity contribution is 7.89. The average molecular weight is 381 g/mol. The summed E-state index contributed by atoms with van der Waals surface area (Å²) < 4.78 is 33.3. The number of nitrogens with zero attached hydrogens (tertiary/aromatic N) is 1. The lowest BCUT2D eigenvalue weighted by Gasteiger charge is -2.13. The van der Waals surface area contributed by atoms with Crippen LogP contribution >= 0.6 is 11.3 Å². The van der Waals surface area contributed by atoms with Gasteiger partial charge in [-0.25, -0.2) is 18.1 Å². The van der Waals surface area contributed by atoms with Crippen molar-refractivity contribution in [1.82, 2.24) is 9.71 Å². The molecule has 0 spiro atoms. The van der Waals surface area contributed by atoms with Gasteiger partial charge in [0.25, 0.3) is 0 Å². The van der Waals surface area contributed by atoms with Gasteiger partial charge < -0.3 is 4.74 Å². The second-order valence-electron chi connectivity index (χ2n) is 6.38. The van der Waals surface area contributed by atoms with Crippen LogP contribution in [0.4, 0.5) is 0 Å². The van der Waals surface area contributed by atoms with E-state index in [1.165, 1.54) is 12.8 Å². The Balaban J connectivity index is 1.56. The maximum Gasteiger partial charge on any atom is 0.240 e. The van der Waals surface area contributed by atoms with Crippen molar-refractivity contribution in [2.45, 2.75) is 57.0 Å². The summed E-state index contributed by atoms with van der Waals surface area (Å²) in [7, 11) is -3.50. The van der Waals surface area contributed by atoms with Gasteiger partial charge in [0.05, 0.1) is 21.7 Å². The van der Waals surface area contributed by atoms with Crippen molar-refractivity contribution >= 4 is 21.4 Å².